The number of pyridine rings is 1. The number of aromatic nitrogens is 3. The van der Waals surface area contributed by atoms with E-state index in [1.165, 1.54) is 6.07 Å². The van der Waals surface area contributed by atoms with Crippen molar-refractivity contribution >= 4 is 28.2 Å². The maximum atomic E-state index is 11.1. The summed E-state index contributed by atoms with van der Waals surface area (Å²) in [6.07, 6.45) is 1.56. The molecule has 2 aromatic heterocycles. The molecular formula is C16H13N7O3. The first-order valence-electron chi connectivity index (χ1n) is 7.93. The first-order chi connectivity index (χ1) is 12.7. The summed E-state index contributed by atoms with van der Waals surface area (Å²) in [4.78, 5) is 19.1. The summed E-state index contributed by atoms with van der Waals surface area (Å²) in [5.74, 6) is 0.820. The van der Waals surface area contributed by atoms with Gasteiger partial charge < -0.3 is 9.80 Å². The number of non-ortho nitro benzene ring substituents is 1. The standard InChI is InChI=1S/C16H13N7O3/c17-9-11-1-4-14(18-10-11)22-7-5-21(6-8-22)12-2-3-13(23(24)25)16-15(12)19-26-20-16/h1-4,10H,5-8H2. The monoisotopic (exact) mass is 351 g/mol. The van der Waals surface area contributed by atoms with Crippen LogP contribution in [0.2, 0.25) is 0 Å². The van der Waals surface area contributed by atoms with E-state index in [0.29, 0.717) is 24.2 Å². The molecule has 0 radical (unpaired) electrons. The fourth-order valence-electron chi connectivity index (χ4n) is 3.06. The largest absolute Gasteiger partial charge is 0.366 e. The molecular weight excluding hydrogens is 338 g/mol. The van der Waals surface area contributed by atoms with Gasteiger partial charge in [-0.1, -0.05) is 0 Å². The summed E-state index contributed by atoms with van der Waals surface area (Å²) >= 11 is 0. The SMILES string of the molecule is N#Cc1ccc(N2CCN(c3ccc([N+](=O)[O-])c4nonc34)CC2)nc1. The summed E-state index contributed by atoms with van der Waals surface area (Å²) in [5, 5.41) is 27.5. The van der Waals surface area contributed by atoms with Gasteiger partial charge >= 0.3 is 5.69 Å². The molecule has 1 fully saturated rings. The molecule has 0 aliphatic carbocycles. The lowest BCUT2D eigenvalue weighted by atomic mass is 10.2. The van der Waals surface area contributed by atoms with Gasteiger partial charge in [0.1, 0.15) is 11.9 Å². The van der Waals surface area contributed by atoms with Crippen LogP contribution >= 0.6 is 0 Å². The summed E-state index contributed by atoms with van der Waals surface area (Å²) in [6.45, 7) is 2.84. The van der Waals surface area contributed by atoms with Crippen molar-refractivity contribution in [1.82, 2.24) is 15.3 Å². The molecule has 1 aromatic carbocycles. The normalized spacial score (nSPS) is 14.4. The van der Waals surface area contributed by atoms with Crippen molar-refractivity contribution in [2.75, 3.05) is 36.0 Å². The van der Waals surface area contributed by atoms with Crippen molar-refractivity contribution in [1.29, 1.82) is 5.26 Å². The Hall–Kier alpha value is -3.74. The van der Waals surface area contributed by atoms with E-state index in [4.69, 9.17) is 9.89 Å². The van der Waals surface area contributed by atoms with E-state index in [0.717, 1.165) is 24.6 Å². The van der Waals surface area contributed by atoms with Crippen molar-refractivity contribution in [2.45, 2.75) is 0 Å². The number of nitro benzene ring substituents is 1. The van der Waals surface area contributed by atoms with Crippen LogP contribution in [-0.4, -0.2) is 46.4 Å². The van der Waals surface area contributed by atoms with Gasteiger partial charge in [-0.05, 0) is 28.5 Å². The number of nitro groups is 1. The van der Waals surface area contributed by atoms with Crippen LogP contribution in [0, 0.1) is 21.4 Å². The van der Waals surface area contributed by atoms with Crippen molar-refractivity contribution in [3.8, 4) is 6.07 Å². The zero-order valence-corrected chi connectivity index (χ0v) is 13.6. The number of hydrogen-bond acceptors (Lipinski definition) is 9. The summed E-state index contributed by atoms with van der Waals surface area (Å²) in [6, 6.07) is 8.74. The molecule has 10 nitrogen and oxygen atoms in total. The number of nitriles is 1. The van der Waals surface area contributed by atoms with E-state index in [1.54, 1.807) is 18.3 Å². The molecule has 0 amide bonds. The molecule has 0 spiro atoms. The van der Waals surface area contributed by atoms with Gasteiger partial charge in [0.2, 0.25) is 5.52 Å². The highest BCUT2D eigenvalue weighted by Crippen LogP contribution is 2.31. The third-order valence-electron chi connectivity index (χ3n) is 4.39. The van der Waals surface area contributed by atoms with Crippen molar-refractivity contribution in [3.05, 3.63) is 46.1 Å². The topological polar surface area (TPSA) is 125 Å². The molecule has 0 unspecified atom stereocenters. The fraction of sp³-hybridized carbons (Fsp3) is 0.250. The minimum Gasteiger partial charge on any atom is -0.366 e. The van der Waals surface area contributed by atoms with Gasteiger partial charge in [0.25, 0.3) is 0 Å². The van der Waals surface area contributed by atoms with Crippen molar-refractivity contribution < 1.29 is 9.55 Å². The van der Waals surface area contributed by atoms with Gasteiger partial charge in [0.15, 0.2) is 5.52 Å². The van der Waals surface area contributed by atoms with Crippen LogP contribution in [0.1, 0.15) is 5.56 Å². The van der Waals surface area contributed by atoms with Gasteiger partial charge in [-0.3, -0.25) is 10.1 Å². The van der Waals surface area contributed by atoms with E-state index in [9.17, 15) is 10.1 Å². The second kappa shape index (κ2) is 6.29. The van der Waals surface area contributed by atoms with Crippen LogP contribution in [0.5, 0.6) is 0 Å². The molecule has 1 saturated heterocycles. The highest BCUT2D eigenvalue weighted by molar-refractivity contribution is 5.93. The number of fused-ring (bicyclic) bond motifs is 1. The lowest BCUT2D eigenvalue weighted by molar-refractivity contribution is -0.383. The van der Waals surface area contributed by atoms with Gasteiger partial charge in [0, 0.05) is 38.4 Å². The second-order valence-corrected chi connectivity index (χ2v) is 5.81. The zero-order chi connectivity index (χ0) is 18.1. The van der Waals surface area contributed by atoms with E-state index < -0.39 is 4.92 Å². The molecule has 0 saturated carbocycles. The third kappa shape index (κ3) is 2.65. The average molecular weight is 351 g/mol. The maximum absolute atomic E-state index is 11.1. The molecule has 1 aliphatic rings. The van der Waals surface area contributed by atoms with Gasteiger partial charge in [-0.2, -0.15) is 5.26 Å². The number of anilines is 2. The summed E-state index contributed by atoms with van der Waals surface area (Å²) < 4.78 is 4.72. The Morgan fingerprint density at radius 1 is 1.08 bits per heavy atom. The first kappa shape index (κ1) is 15.8. The molecule has 3 aromatic rings. The Bertz CT molecular complexity index is 1000. The van der Waals surface area contributed by atoms with Crippen LogP contribution in [0.4, 0.5) is 17.2 Å². The summed E-state index contributed by atoms with van der Waals surface area (Å²) in [5.41, 5.74) is 1.72. The lowest BCUT2D eigenvalue weighted by Gasteiger charge is -2.36. The number of rotatable bonds is 3. The lowest BCUT2D eigenvalue weighted by Crippen LogP contribution is -2.46. The predicted molar refractivity (Wildman–Crippen MR) is 91.8 cm³/mol. The summed E-state index contributed by atoms with van der Waals surface area (Å²) in [7, 11) is 0. The third-order valence-corrected chi connectivity index (χ3v) is 4.39. The average Bonchev–Trinajstić information content (AvgIpc) is 3.17. The molecule has 130 valence electrons. The molecule has 4 rings (SSSR count). The van der Waals surface area contributed by atoms with E-state index in [2.05, 4.69) is 31.2 Å². The Balaban J connectivity index is 1.54. The Kier molecular flexibility index (Phi) is 3.81. The van der Waals surface area contributed by atoms with Crippen LogP contribution in [0.3, 0.4) is 0 Å². The molecule has 0 bridgehead atoms. The fourth-order valence-corrected chi connectivity index (χ4v) is 3.06. The predicted octanol–water partition coefficient (Wildman–Crippen LogP) is 1.72. The van der Waals surface area contributed by atoms with Crippen LogP contribution in [-0.2, 0) is 0 Å². The van der Waals surface area contributed by atoms with Crippen LogP contribution < -0.4 is 9.80 Å². The quantitative estimate of drug-likeness (QED) is 0.512. The molecule has 10 heteroatoms. The van der Waals surface area contributed by atoms with Crippen LogP contribution in [0.25, 0.3) is 11.0 Å². The Morgan fingerprint density at radius 3 is 2.46 bits per heavy atom. The molecule has 0 N–H and O–H groups in total. The molecule has 3 heterocycles. The van der Waals surface area contributed by atoms with E-state index in [1.807, 2.05) is 6.07 Å². The Morgan fingerprint density at radius 2 is 1.81 bits per heavy atom. The zero-order valence-electron chi connectivity index (χ0n) is 13.6. The van der Waals surface area contributed by atoms with Gasteiger partial charge in [-0.25, -0.2) is 9.61 Å². The van der Waals surface area contributed by atoms with Gasteiger partial charge in [-0.15, -0.1) is 0 Å². The maximum Gasteiger partial charge on any atom is 0.300 e. The van der Waals surface area contributed by atoms with Crippen LogP contribution in [0.15, 0.2) is 35.1 Å². The number of benzene rings is 1. The van der Waals surface area contributed by atoms with E-state index in [-0.39, 0.29) is 11.2 Å². The minimum absolute atomic E-state index is 0.120. The molecule has 0 atom stereocenters. The molecule has 26 heavy (non-hydrogen) atoms. The second-order valence-electron chi connectivity index (χ2n) is 5.81. The van der Waals surface area contributed by atoms with Crippen molar-refractivity contribution in [2.24, 2.45) is 0 Å². The number of nitrogens with zero attached hydrogens (tertiary/aromatic N) is 7. The number of hydrogen-bond donors (Lipinski definition) is 0. The smallest absolute Gasteiger partial charge is 0.300 e. The highest BCUT2D eigenvalue weighted by Gasteiger charge is 2.25. The van der Waals surface area contributed by atoms with E-state index >= 15 is 0 Å². The van der Waals surface area contributed by atoms with Gasteiger partial charge in [0.05, 0.1) is 16.2 Å². The molecule has 1 aliphatic heterocycles. The van der Waals surface area contributed by atoms with Crippen molar-refractivity contribution in [3.63, 3.8) is 0 Å². The Labute approximate surface area is 147 Å². The first-order valence-corrected chi connectivity index (χ1v) is 7.93. The minimum atomic E-state index is -0.495. The highest BCUT2D eigenvalue weighted by atomic mass is 16.6. The number of piperazine rings is 1.